The maximum atomic E-state index is 11.5. The number of pyridine rings is 1. The van der Waals surface area contributed by atoms with Gasteiger partial charge in [0.15, 0.2) is 5.65 Å². The van der Waals surface area contributed by atoms with Crippen molar-refractivity contribution in [3.8, 4) is 0 Å². The van der Waals surface area contributed by atoms with Crippen molar-refractivity contribution in [2.45, 2.75) is 20.3 Å². The summed E-state index contributed by atoms with van der Waals surface area (Å²) in [6, 6.07) is 0. The van der Waals surface area contributed by atoms with Gasteiger partial charge in [-0.2, -0.15) is 5.10 Å². The van der Waals surface area contributed by atoms with E-state index in [2.05, 4.69) is 28.8 Å². The van der Waals surface area contributed by atoms with E-state index in [0.29, 0.717) is 0 Å². The van der Waals surface area contributed by atoms with Crippen LogP contribution >= 0.6 is 0 Å². The van der Waals surface area contributed by atoms with Crippen molar-refractivity contribution in [2.24, 2.45) is 12.5 Å². The lowest BCUT2D eigenvalue weighted by molar-refractivity contribution is 0.0697. The molecule has 0 atom stereocenters. The molecule has 1 fully saturated rings. The molecule has 3 rings (SSSR count). The van der Waals surface area contributed by atoms with Crippen molar-refractivity contribution in [3.63, 3.8) is 0 Å². The van der Waals surface area contributed by atoms with Gasteiger partial charge in [0.05, 0.1) is 17.3 Å². The molecule has 2 aromatic heterocycles. The van der Waals surface area contributed by atoms with Crippen LogP contribution in [0.2, 0.25) is 0 Å². The Hall–Kier alpha value is -2.11. The summed E-state index contributed by atoms with van der Waals surface area (Å²) in [7, 11) is 1.81. The van der Waals surface area contributed by atoms with Gasteiger partial charge in [-0.15, -0.1) is 0 Å². The summed E-state index contributed by atoms with van der Waals surface area (Å²) in [4.78, 5) is 17.9. The number of aromatic carboxylic acids is 1. The average Bonchev–Trinajstić information content (AvgIpc) is 2.92. The van der Waals surface area contributed by atoms with Crippen LogP contribution < -0.4 is 4.90 Å². The van der Waals surface area contributed by atoms with Crippen LogP contribution in [0.25, 0.3) is 11.0 Å². The summed E-state index contributed by atoms with van der Waals surface area (Å²) in [6.07, 6.45) is 4.19. The van der Waals surface area contributed by atoms with E-state index in [1.54, 1.807) is 10.9 Å². The normalized spacial score (nSPS) is 17.9. The molecule has 2 aromatic rings. The minimum absolute atomic E-state index is 0.202. The summed E-state index contributed by atoms with van der Waals surface area (Å²) in [6.45, 7) is 6.12. The van der Waals surface area contributed by atoms with Crippen LogP contribution in [-0.2, 0) is 7.05 Å². The van der Waals surface area contributed by atoms with E-state index in [1.807, 2.05) is 7.05 Å². The van der Waals surface area contributed by atoms with Gasteiger partial charge in [-0.1, -0.05) is 13.8 Å². The van der Waals surface area contributed by atoms with Crippen LogP contribution in [0.15, 0.2) is 12.4 Å². The lowest BCUT2D eigenvalue weighted by Gasteiger charge is -2.23. The van der Waals surface area contributed by atoms with E-state index in [4.69, 9.17) is 0 Å². The molecule has 1 saturated heterocycles. The van der Waals surface area contributed by atoms with E-state index in [-0.39, 0.29) is 11.0 Å². The maximum Gasteiger partial charge on any atom is 0.339 e. The molecule has 1 N–H and O–H groups in total. The zero-order chi connectivity index (χ0) is 14.5. The lowest BCUT2D eigenvalue weighted by Crippen LogP contribution is -2.25. The van der Waals surface area contributed by atoms with Gasteiger partial charge in [-0.3, -0.25) is 4.68 Å². The van der Waals surface area contributed by atoms with E-state index in [1.165, 1.54) is 6.20 Å². The molecule has 0 aliphatic carbocycles. The van der Waals surface area contributed by atoms with Crippen molar-refractivity contribution in [1.82, 2.24) is 14.8 Å². The molecule has 0 saturated carbocycles. The molecule has 0 bridgehead atoms. The molecule has 0 amide bonds. The molecule has 20 heavy (non-hydrogen) atoms. The molecule has 3 heterocycles. The fourth-order valence-corrected chi connectivity index (χ4v) is 2.88. The predicted octanol–water partition coefficient (Wildman–Crippen LogP) is 1.90. The van der Waals surface area contributed by atoms with Gasteiger partial charge in [0.2, 0.25) is 0 Å². The van der Waals surface area contributed by atoms with Crippen molar-refractivity contribution < 1.29 is 9.90 Å². The SMILES string of the molecule is Cn1ncc2c(N3CCC(C)(C)C3)c(C(=O)O)cnc21. The third kappa shape index (κ3) is 1.92. The van der Waals surface area contributed by atoms with Gasteiger partial charge in [0.1, 0.15) is 5.56 Å². The molecule has 0 spiro atoms. The summed E-state index contributed by atoms with van der Waals surface area (Å²) in [5.74, 6) is -0.942. The minimum atomic E-state index is -0.942. The standard InChI is InChI=1S/C14H18N4O2/c1-14(2)4-5-18(8-14)11-9-7-16-17(3)12(9)15-6-10(11)13(19)20/h6-7H,4-5,8H2,1-3H3,(H,19,20). The van der Waals surface area contributed by atoms with Gasteiger partial charge < -0.3 is 10.0 Å². The number of fused-ring (bicyclic) bond motifs is 1. The number of hydrogen-bond donors (Lipinski definition) is 1. The molecule has 0 aromatic carbocycles. The van der Waals surface area contributed by atoms with E-state index in [9.17, 15) is 9.90 Å². The number of rotatable bonds is 2. The lowest BCUT2D eigenvalue weighted by atomic mass is 9.93. The number of anilines is 1. The van der Waals surface area contributed by atoms with Crippen molar-refractivity contribution in [1.29, 1.82) is 0 Å². The molecule has 106 valence electrons. The molecule has 1 aliphatic rings. The van der Waals surface area contributed by atoms with Crippen LogP contribution in [0.1, 0.15) is 30.6 Å². The van der Waals surface area contributed by atoms with Gasteiger partial charge in [0.25, 0.3) is 0 Å². The Morgan fingerprint density at radius 2 is 2.15 bits per heavy atom. The minimum Gasteiger partial charge on any atom is -0.478 e. The first kappa shape index (κ1) is 12.9. The van der Waals surface area contributed by atoms with Crippen LogP contribution in [0.4, 0.5) is 5.69 Å². The van der Waals surface area contributed by atoms with Gasteiger partial charge in [-0.05, 0) is 11.8 Å². The second-order valence-corrected chi connectivity index (χ2v) is 6.17. The Balaban J connectivity index is 2.20. The number of carboxylic acids is 1. The first-order valence-electron chi connectivity index (χ1n) is 6.68. The Bertz CT molecular complexity index is 690. The second-order valence-electron chi connectivity index (χ2n) is 6.17. The summed E-state index contributed by atoms with van der Waals surface area (Å²) in [5.41, 5.74) is 1.92. The van der Waals surface area contributed by atoms with Crippen molar-refractivity contribution in [3.05, 3.63) is 18.0 Å². The first-order chi connectivity index (χ1) is 9.39. The fourth-order valence-electron chi connectivity index (χ4n) is 2.88. The second kappa shape index (κ2) is 4.19. The monoisotopic (exact) mass is 274 g/mol. The third-order valence-corrected chi connectivity index (χ3v) is 3.96. The van der Waals surface area contributed by atoms with Gasteiger partial charge >= 0.3 is 5.97 Å². The molecular weight excluding hydrogens is 256 g/mol. The van der Waals surface area contributed by atoms with Crippen LogP contribution in [0.5, 0.6) is 0 Å². The zero-order valence-corrected chi connectivity index (χ0v) is 11.9. The third-order valence-electron chi connectivity index (χ3n) is 3.96. The molecule has 6 nitrogen and oxygen atoms in total. The highest BCUT2D eigenvalue weighted by Gasteiger charge is 2.32. The maximum absolute atomic E-state index is 11.5. The highest BCUT2D eigenvalue weighted by atomic mass is 16.4. The summed E-state index contributed by atoms with van der Waals surface area (Å²) < 4.78 is 1.67. The largest absolute Gasteiger partial charge is 0.478 e. The Morgan fingerprint density at radius 3 is 2.75 bits per heavy atom. The average molecular weight is 274 g/mol. The number of nitrogens with zero attached hydrogens (tertiary/aromatic N) is 4. The number of carboxylic acid groups (broad SMARTS) is 1. The molecule has 0 radical (unpaired) electrons. The Labute approximate surface area is 117 Å². The van der Waals surface area contributed by atoms with E-state index < -0.39 is 5.97 Å². The first-order valence-corrected chi connectivity index (χ1v) is 6.68. The van der Waals surface area contributed by atoms with E-state index in [0.717, 1.165) is 36.2 Å². The Kier molecular flexibility index (Phi) is 2.70. The fraction of sp³-hybridized carbons (Fsp3) is 0.500. The number of hydrogen-bond acceptors (Lipinski definition) is 4. The number of carbonyl (C=O) groups is 1. The Morgan fingerprint density at radius 1 is 1.40 bits per heavy atom. The van der Waals surface area contributed by atoms with E-state index >= 15 is 0 Å². The molecule has 0 unspecified atom stereocenters. The van der Waals surface area contributed by atoms with Crippen LogP contribution in [-0.4, -0.2) is 38.9 Å². The number of aryl methyl sites for hydroxylation is 1. The predicted molar refractivity (Wildman–Crippen MR) is 76.1 cm³/mol. The van der Waals surface area contributed by atoms with Crippen LogP contribution in [0, 0.1) is 5.41 Å². The molecule has 6 heteroatoms. The van der Waals surface area contributed by atoms with Gasteiger partial charge in [0, 0.05) is 26.3 Å². The van der Waals surface area contributed by atoms with Crippen molar-refractivity contribution >= 4 is 22.7 Å². The smallest absolute Gasteiger partial charge is 0.339 e. The zero-order valence-electron chi connectivity index (χ0n) is 11.9. The summed E-state index contributed by atoms with van der Waals surface area (Å²) in [5, 5.41) is 14.4. The topological polar surface area (TPSA) is 71.2 Å². The van der Waals surface area contributed by atoms with Gasteiger partial charge in [-0.25, -0.2) is 9.78 Å². The highest BCUT2D eigenvalue weighted by molar-refractivity contribution is 6.03. The molecule has 1 aliphatic heterocycles. The molecular formula is C14H18N4O2. The quantitative estimate of drug-likeness (QED) is 0.905. The highest BCUT2D eigenvalue weighted by Crippen LogP contribution is 2.37. The van der Waals surface area contributed by atoms with Crippen LogP contribution in [0.3, 0.4) is 0 Å². The summed E-state index contributed by atoms with van der Waals surface area (Å²) >= 11 is 0. The van der Waals surface area contributed by atoms with Crippen molar-refractivity contribution in [2.75, 3.05) is 18.0 Å². The number of aromatic nitrogens is 3.